The van der Waals surface area contributed by atoms with Crippen molar-refractivity contribution < 1.29 is 9.63 Å². The molecule has 2 heterocycles. The molecule has 0 saturated heterocycles. The Bertz CT molecular complexity index is 1100. The lowest BCUT2D eigenvalue weighted by Gasteiger charge is -2.28. The first-order chi connectivity index (χ1) is 14.2. The molecular weight excluding hydrogens is 360 g/mol. The summed E-state index contributed by atoms with van der Waals surface area (Å²) < 4.78 is 0. The number of benzene rings is 2. The maximum atomic E-state index is 13.4. The summed E-state index contributed by atoms with van der Waals surface area (Å²) in [7, 11) is 0. The van der Waals surface area contributed by atoms with Crippen LogP contribution in [0, 0.1) is 11.8 Å². The number of hydrogen-bond donors (Lipinski definition) is 0. The van der Waals surface area contributed by atoms with Crippen LogP contribution in [0.2, 0.25) is 0 Å². The number of carbonyl (C=O) groups is 1. The standard InChI is InChI=1S/C25H20N2O2/c1-3-18-14-15-19-10-8-9-13-22(19)25(28)27(24(18)4-2)17-21-16-23(26-29-21)20-11-6-5-7-12-20/h3-13,21H,1-2,16-17H2/b24-18-. The van der Waals surface area contributed by atoms with Crippen LogP contribution in [0.5, 0.6) is 0 Å². The third-order valence-corrected chi connectivity index (χ3v) is 4.92. The van der Waals surface area contributed by atoms with Crippen molar-refractivity contribution in [3.05, 3.63) is 108 Å². The largest absolute Gasteiger partial charge is 0.390 e. The van der Waals surface area contributed by atoms with Crippen LogP contribution in [-0.2, 0) is 4.84 Å². The van der Waals surface area contributed by atoms with Gasteiger partial charge in [-0.15, -0.1) is 0 Å². The van der Waals surface area contributed by atoms with E-state index in [2.05, 4.69) is 30.2 Å². The Morgan fingerprint density at radius 1 is 1.07 bits per heavy atom. The fourth-order valence-electron chi connectivity index (χ4n) is 3.47. The van der Waals surface area contributed by atoms with Crippen molar-refractivity contribution in [1.82, 2.24) is 4.90 Å². The monoisotopic (exact) mass is 380 g/mol. The van der Waals surface area contributed by atoms with Crippen LogP contribution in [0.25, 0.3) is 0 Å². The van der Waals surface area contributed by atoms with Gasteiger partial charge in [-0.25, -0.2) is 0 Å². The fraction of sp³-hybridized carbons (Fsp3) is 0.120. The van der Waals surface area contributed by atoms with E-state index in [9.17, 15) is 4.79 Å². The molecule has 4 heteroatoms. The lowest BCUT2D eigenvalue weighted by molar-refractivity contribution is 0.0505. The molecule has 4 nitrogen and oxygen atoms in total. The topological polar surface area (TPSA) is 41.9 Å². The average Bonchev–Trinajstić information content (AvgIpc) is 3.24. The van der Waals surface area contributed by atoms with E-state index in [0.717, 1.165) is 11.3 Å². The van der Waals surface area contributed by atoms with Crippen molar-refractivity contribution in [2.24, 2.45) is 5.16 Å². The Balaban J connectivity index is 1.65. The van der Waals surface area contributed by atoms with Gasteiger partial charge >= 0.3 is 0 Å². The number of hydrogen-bond acceptors (Lipinski definition) is 3. The van der Waals surface area contributed by atoms with E-state index in [-0.39, 0.29) is 12.0 Å². The zero-order chi connectivity index (χ0) is 20.2. The van der Waals surface area contributed by atoms with Crippen molar-refractivity contribution in [3.8, 4) is 11.8 Å². The van der Waals surface area contributed by atoms with Crippen LogP contribution in [0.15, 0.2) is 96.3 Å². The van der Waals surface area contributed by atoms with Crippen LogP contribution >= 0.6 is 0 Å². The van der Waals surface area contributed by atoms with Crippen molar-refractivity contribution in [2.75, 3.05) is 6.54 Å². The minimum absolute atomic E-state index is 0.138. The maximum absolute atomic E-state index is 13.4. The molecule has 4 rings (SSSR count). The lowest BCUT2D eigenvalue weighted by atomic mass is 10.0. The van der Waals surface area contributed by atoms with Gasteiger partial charge in [0.15, 0.2) is 6.10 Å². The van der Waals surface area contributed by atoms with Gasteiger partial charge in [-0.05, 0) is 23.8 Å². The molecule has 29 heavy (non-hydrogen) atoms. The van der Waals surface area contributed by atoms with E-state index in [4.69, 9.17) is 4.84 Å². The number of amides is 1. The van der Waals surface area contributed by atoms with Crippen molar-refractivity contribution in [2.45, 2.75) is 12.5 Å². The molecule has 142 valence electrons. The van der Waals surface area contributed by atoms with E-state index in [1.54, 1.807) is 23.1 Å². The molecule has 0 saturated carbocycles. The molecule has 2 aromatic rings. The van der Waals surface area contributed by atoms with Crippen LogP contribution in [0.1, 0.15) is 27.9 Å². The lowest BCUT2D eigenvalue weighted by Crippen LogP contribution is -2.38. The van der Waals surface area contributed by atoms with E-state index >= 15 is 0 Å². The zero-order valence-corrected chi connectivity index (χ0v) is 16.0. The van der Waals surface area contributed by atoms with Gasteiger partial charge in [-0.1, -0.05) is 78.7 Å². The molecule has 0 aromatic heterocycles. The van der Waals surface area contributed by atoms with Gasteiger partial charge in [0.1, 0.15) is 0 Å². The van der Waals surface area contributed by atoms with Crippen molar-refractivity contribution in [3.63, 3.8) is 0 Å². The Morgan fingerprint density at radius 3 is 2.59 bits per heavy atom. The predicted molar refractivity (Wildman–Crippen MR) is 114 cm³/mol. The summed E-state index contributed by atoms with van der Waals surface area (Å²) in [5, 5.41) is 4.24. The third-order valence-electron chi connectivity index (χ3n) is 4.92. The molecule has 0 N–H and O–H groups in total. The number of oxime groups is 1. The number of fused-ring (bicyclic) bond motifs is 1. The van der Waals surface area contributed by atoms with Crippen LogP contribution in [0.4, 0.5) is 0 Å². The van der Waals surface area contributed by atoms with Crippen LogP contribution in [0.3, 0.4) is 0 Å². The molecule has 0 spiro atoms. The molecule has 1 unspecified atom stereocenters. The maximum Gasteiger partial charge on any atom is 0.259 e. The zero-order valence-electron chi connectivity index (χ0n) is 16.0. The van der Waals surface area contributed by atoms with Crippen molar-refractivity contribution >= 4 is 11.6 Å². The highest BCUT2D eigenvalue weighted by Gasteiger charge is 2.30. The number of allylic oxidation sites excluding steroid dienone is 3. The Hall–Kier alpha value is -3.84. The molecule has 1 atom stereocenters. The normalized spacial score (nSPS) is 20.4. The predicted octanol–water partition coefficient (Wildman–Crippen LogP) is 4.31. The number of rotatable bonds is 5. The van der Waals surface area contributed by atoms with Gasteiger partial charge in [0.05, 0.1) is 23.5 Å². The van der Waals surface area contributed by atoms with E-state index in [0.29, 0.717) is 35.4 Å². The van der Waals surface area contributed by atoms with Gasteiger partial charge in [0, 0.05) is 17.6 Å². The van der Waals surface area contributed by atoms with Gasteiger partial charge in [0.2, 0.25) is 0 Å². The van der Waals surface area contributed by atoms with E-state index < -0.39 is 0 Å². The second-order valence-corrected chi connectivity index (χ2v) is 6.75. The first-order valence-corrected chi connectivity index (χ1v) is 9.41. The molecule has 1 amide bonds. The Labute approximate surface area is 170 Å². The Morgan fingerprint density at radius 2 is 1.83 bits per heavy atom. The summed E-state index contributed by atoms with van der Waals surface area (Å²) >= 11 is 0. The minimum Gasteiger partial charge on any atom is -0.390 e. The van der Waals surface area contributed by atoms with Crippen molar-refractivity contribution in [1.29, 1.82) is 0 Å². The first kappa shape index (κ1) is 18.5. The molecule has 0 fully saturated rings. The summed E-state index contributed by atoms with van der Waals surface area (Å²) in [6.45, 7) is 8.09. The number of nitrogens with zero attached hydrogens (tertiary/aromatic N) is 2. The summed E-state index contributed by atoms with van der Waals surface area (Å²) in [6.07, 6.45) is 3.66. The highest BCUT2D eigenvalue weighted by atomic mass is 16.6. The van der Waals surface area contributed by atoms with E-state index in [1.807, 2.05) is 48.5 Å². The SMILES string of the molecule is C=C/C1=C(\C=C)N(CC2CC(c3ccccc3)=NO2)C(=O)c2ccccc2C#C1. The molecule has 0 radical (unpaired) electrons. The first-order valence-electron chi connectivity index (χ1n) is 9.41. The summed E-state index contributed by atoms with van der Waals surface area (Å²) in [6, 6.07) is 17.3. The highest BCUT2D eigenvalue weighted by Crippen LogP contribution is 2.25. The highest BCUT2D eigenvalue weighted by molar-refractivity contribution is 6.01. The van der Waals surface area contributed by atoms with E-state index in [1.165, 1.54) is 0 Å². The van der Waals surface area contributed by atoms with Crippen LogP contribution in [-0.4, -0.2) is 29.2 Å². The third kappa shape index (κ3) is 3.63. The quantitative estimate of drug-likeness (QED) is 0.725. The molecule has 2 aromatic carbocycles. The Kier molecular flexibility index (Phi) is 5.13. The summed E-state index contributed by atoms with van der Waals surface area (Å²) in [5.74, 6) is 6.05. The molecule has 2 aliphatic rings. The fourth-order valence-corrected chi connectivity index (χ4v) is 3.47. The van der Waals surface area contributed by atoms with Gasteiger partial charge in [-0.3, -0.25) is 4.79 Å². The smallest absolute Gasteiger partial charge is 0.259 e. The minimum atomic E-state index is -0.255. The van der Waals surface area contributed by atoms with Crippen LogP contribution < -0.4 is 0 Å². The molecule has 2 aliphatic heterocycles. The molecule has 0 aliphatic carbocycles. The second kappa shape index (κ2) is 8.04. The molecule has 0 bridgehead atoms. The summed E-state index contributed by atoms with van der Waals surface area (Å²) in [5.41, 5.74) is 4.44. The molecular formula is C25H20N2O2. The second-order valence-electron chi connectivity index (χ2n) is 6.75. The average molecular weight is 380 g/mol. The van der Waals surface area contributed by atoms with Gasteiger partial charge < -0.3 is 9.74 Å². The summed E-state index contributed by atoms with van der Waals surface area (Å²) in [4.78, 5) is 20.7. The van der Waals surface area contributed by atoms with Gasteiger partial charge in [-0.2, -0.15) is 0 Å². The number of carbonyl (C=O) groups excluding carboxylic acids is 1. The van der Waals surface area contributed by atoms with Gasteiger partial charge in [0.25, 0.3) is 5.91 Å².